The molecule has 0 aromatic carbocycles. The Bertz CT molecular complexity index is 277. The summed E-state index contributed by atoms with van der Waals surface area (Å²) in [5.41, 5.74) is 1.29. The molecule has 1 saturated heterocycles. The third-order valence-electron chi connectivity index (χ3n) is 2.19. The van der Waals surface area contributed by atoms with Gasteiger partial charge >= 0.3 is 0 Å². The molecular weight excluding hydrogens is 287 g/mol. The summed E-state index contributed by atoms with van der Waals surface area (Å²) in [6.07, 6.45) is 6.27. The highest BCUT2D eigenvalue weighted by Crippen LogP contribution is 2.23. The maximum atomic E-state index is 4.14. The Labute approximate surface area is 105 Å². The summed E-state index contributed by atoms with van der Waals surface area (Å²) in [7, 11) is 0. The molecule has 1 fully saturated rings. The van der Waals surface area contributed by atoms with E-state index in [1.807, 2.05) is 12.4 Å². The van der Waals surface area contributed by atoms with Crippen molar-refractivity contribution in [3.63, 3.8) is 0 Å². The summed E-state index contributed by atoms with van der Waals surface area (Å²) in [6, 6.07) is 2.66. The summed E-state index contributed by atoms with van der Waals surface area (Å²) < 4.78 is 1.06. The molecule has 14 heavy (non-hydrogen) atoms. The molecule has 80 valence electrons. The Morgan fingerprint density at radius 3 is 2.71 bits per heavy atom. The van der Waals surface area contributed by atoms with Gasteiger partial charge in [0.25, 0.3) is 0 Å². The van der Waals surface area contributed by atoms with Crippen molar-refractivity contribution in [3.05, 3.63) is 28.5 Å². The fourth-order valence-electron chi connectivity index (χ4n) is 1.59. The lowest BCUT2D eigenvalue weighted by atomic mass is 10.1. The van der Waals surface area contributed by atoms with Gasteiger partial charge < -0.3 is 5.32 Å². The van der Waals surface area contributed by atoms with Crippen molar-refractivity contribution in [2.75, 3.05) is 6.54 Å². The second kappa shape index (κ2) is 6.62. The van der Waals surface area contributed by atoms with E-state index < -0.39 is 0 Å². The van der Waals surface area contributed by atoms with Crippen molar-refractivity contribution < 1.29 is 0 Å². The number of hydrogen-bond acceptors (Lipinski definition) is 2. The van der Waals surface area contributed by atoms with Crippen LogP contribution in [0.5, 0.6) is 0 Å². The van der Waals surface area contributed by atoms with E-state index in [0.29, 0.717) is 6.04 Å². The van der Waals surface area contributed by atoms with Crippen molar-refractivity contribution in [2.24, 2.45) is 0 Å². The number of rotatable bonds is 1. The van der Waals surface area contributed by atoms with Crippen molar-refractivity contribution in [3.8, 4) is 0 Å². The molecule has 0 bridgehead atoms. The molecule has 0 spiro atoms. The Morgan fingerprint density at radius 1 is 1.36 bits per heavy atom. The highest BCUT2D eigenvalue weighted by atomic mass is 79.9. The van der Waals surface area contributed by atoms with Crippen molar-refractivity contribution in [1.29, 1.82) is 0 Å². The van der Waals surface area contributed by atoms with E-state index in [-0.39, 0.29) is 24.8 Å². The third kappa shape index (κ3) is 3.39. The first-order valence-electron chi connectivity index (χ1n) is 4.20. The molecule has 0 unspecified atom stereocenters. The summed E-state index contributed by atoms with van der Waals surface area (Å²) in [5.74, 6) is 0. The van der Waals surface area contributed by atoms with Gasteiger partial charge in [0.05, 0.1) is 0 Å². The molecule has 1 aromatic rings. The molecule has 2 heterocycles. The van der Waals surface area contributed by atoms with Crippen LogP contribution in [0.4, 0.5) is 0 Å². The summed E-state index contributed by atoms with van der Waals surface area (Å²) in [4.78, 5) is 4.14. The van der Waals surface area contributed by atoms with E-state index in [9.17, 15) is 0 Å². The van der Waals surface area contributed by atoms with Crippen LogP contribution < -0.4 is 5.32 Å². The van der Waals surface area contributed by atoms with Gasteiger partial charge in [-0.3, -0.25) is 4.98 Å². The summed E-state index contributed by atoms with van der Waals surface area (Å²) in [5, 5.41) is 3.44. The maximum Gasteiger partial charge on any atom is 0.0410 e. The maximum absolute atomic E-state index is 4.14. The molecule has 0 saturated carbocycles. The molecule has 1 atom stereocenters. The molecule has 1 aliphatic heterocycles. The van der Waals surface area contributed by atoms with E-state index in [1.165, 1.54) is 18.4 Å². The van der Waals surface area contributed by atoms with E-state index in [4.69, 9.17) is 0 Å². The van der Waals surface area contributed by atoms with Crippen LogP contribution in [0.3, 0.4) is 0 Å². The predicted molar refractivity (Wildman–Crippen MR) is 66.4 cm³/mol. The Kier molecular flexibility index (Phi) is 6.70. The van der Waals surface area contributed by atoms with Gasteiger partial charge in [-0.2, -0.15) is 0 Å². The van der Waals surface area contributed by atoms with Gasteiger partial charge in [-0.05, 0) is 46.9 Å². The van der Waals surface area contributed by atoms with E-state index in [2.05, 4.69) is 32.3 Å². The minimum atomic E-state index is 0. The molecule has 0 aliphatic carbocycles. The molecule has 1 aliphatic rings. The molecule has 2 rings (SSSR count). The molecule has 0 radical (unpaired) electrons. The van der Waals surface area contributed by atoms with Gasteiger partial charge in [0.1, 0.15) is 0 Å². The van der Waals surface area contributed by atoms with Crippen LogP contribution in [0, 0.1) is 0 Å². The van der Waals surface area contributed by atoms with Crippen LogP contribution in [-0.2, 0) is 0 Å². The van der Waals surface area contributed by atoms with Crippen LogP contribution in [-0.4, -0.2) is 11.5 Å². The van der Waals surface area contributed by atoms with Crippen molar-refractivity contribution in [2.45, 2.75) is 18.9 Å². The first-order valence-corrected chi connectivity index (χ1v) is 4.99. The normalized spacial score (nSPS) is 19.6. The first kappa shape index (κ1) is 14.2. The zero-order valence-electron chi connectivity index (χ0n) is 7.57. The van der Waals surface area contributed by atoms with Crippen LogP contribution in [0.2, 0.25) is 0 Å². The average molecular weight is 300 g/mol. The van der Waals surface area contributed by atoms with Crippen LogP contribution in [0.25, 0.3) is 0 Å². The predicted octanol–water partition coefficient (Wildman–Crippen LogP) is 3.11. The van der Waals surface area contributed by atoms with Crippen LogP contribution in [0.15, 0.2) is 22.9 Å². The van der Waals surface area contributed by atoms with E-state index in [1.54, 1.807) is 0 Å². The molecule has 0 amide bonds. The zero-order valence-corrected chi connectivity index (χ0v) is 10.8. The summed E-state index contributed by atoms with van der Waals surface area (Å²) >= 11 is 3.42. The quantitative estimate of drug-likeness (QED) is 0.862. The number of hydrogen-bond donors (Lipinski definition) is 1. The Hall–Kier alpha value is 0.170. The molecule has 2 nitrogen and oxygen atoms in total. The number of nitrogens with one attached hydrogen (secondary N) is 1. The second-order valence-corrected chi connectivity index (χ2v) is 4.00. The van der Waals surface area contributed by atoms with Crippen LogP contribution in [0.1, 0.15) is 24.4 Å². The number of halogens is 3. The number of aromatic nitrogens is 1. The Morgan fingerprint density at radius 2 is 2.14 bits per heavy atom. The monoisotopic (exact) mass is 298 g/mol. The van der Waals surface area contributed by atoms with E-state index in [0.717, 1.165) is 11.0 Å². The zero-order chi connectivity index (χ0) is 8.39. The molecule has 5 heteroatoms. The minimum Gasteiger partial charge on any atom is -0.310 e. The lowest BCUT2D eigenvalue weighted by Crippen LogP contribution is -2.12. The van der Waals surface area contributed by atoms with Gasteiger partial charge in [0, 0.05) is 22.9 Å². The average Bonchev–Trinajstić information content (AvgIpc) is 2.56. The number of pyridine rings is 1. The highest BCUT2D eigenvalue weighted by molar-refractivity contribution is 9.10. The SMILES string of the molecule is Brc1cncc([C@H]2CCCN2)c1.Cl.Cl. The molecule has 1 aromatic heterocycles. The van der Waals surface area contributed by atoms with Gasteiger partial charge in [0.2, 0.25) is 0 Å². The second-order valence-electron chi connectivity index (χ2n) is 3.09. The lowest BCUT2D eigenvalue weighted by Gasteiger charge is -2.09. The molecular formula is C9H13BrCl2N2. The van der Waals surface area contributed by atoms with Gasteiger partial charge in [-0.1, -0.05) is 0 Å². The van der Waals surface area contributed by atoms with Gasteiger partial charge in [-0.15, -0.1) is 24.8 Å². The summed E-state index contributed by atoms with van der Waals surface area (Å²) in [6.45, 7) is 1.14. The Balaban J connectivity index is 0.000000845. The van der Waals surface area contributed by atoms with E-state index >= 15 is 0 Å². The van der Waals surface area contributed by atoms with Crippen molar-refractivity contribution >= 4 is 40.7 Å². The minimum absolute atomic E-state index is 0. The van der Waals surface area contributed by atoms with Gasteiger partial charge in [0.15, 0.2) is 0 Å². The van der Waals surface area contributed by atoms with Crippen molar-refractivity contribution in [1.82, 2.24) is 10.3 Å². The van der Waals surface area contributed by atoms with Crippen LogP contribution >= 0.6 is 40.7 Å². The standard InChI is InChI=1S/C9H11BrN2.2ClH/c10-8-4-7(5-11-6-8)9-2-1-3-12-9;;/h4-6,9,12H,1-3H2;2*1H/t9-;;/m1../s1. The van der Waals surface area contributed by atoms with Gasteiger partial charge in [-0.25, -0.2) is 0 Å². The largest absolute Gasteiger partial charge is 0.310 e. The molecule has 1 N–H and O–H groups in total. The lowest BCUT2D eigenvalue weighted by molar-refractivity contribution is 0.644. The smallest absolute Gasteiger partial charge is 0.0410 e. The highest BCUT2D eigenvalue weighted by Gasteiger charge is 2.15. The fourth-order valence-corrected chi connectivity index (χ4v) is 1.97. The topological polar surface area (TPSA) is 24.9 Å². The fraction of sp³-hybridized carbons (Fsp3) is 0.444. The number of nitrogens with zero attached hydrogens (tertiary/aromatic N) is 1. The third-order valence-corrected chi connectivity index (χ3v) is 2.62. The first-order chi connectivity index (χ1) is 5.86.